The Bertz CT molecular complexity index is 1370. The van der Waals surface area contributed by atoms with Gasteiger partial charge >= 0.3 is 0 Å². The van der Waals surface area contributed by atoms with Gasteiger partial charge < -0.3 is 5.32 Å². The Morgan fingerprint density at radius 2 is 1.75 bits per heavy atom. The molecule has 0 fully saturated rings. The van der Waals surface area contributed by atoms with Gasteiger partial charge in [0.15, 0.2) is 0 Å². The number of amides is 1. The maximum absolute atomic E-state index is 13.3. The second kappa shape index (κ2) is 8.85. The molecule has 4 rings (SSSR count). The Labute approximate surface area is 184 Å². The highest BCUT2D eigenvalue weighted by Crippen LogP contribution is 2.18. The van der Waals surface area contributed by atoms with E-state index in [9.17, 15) is 14.0 Å². The number of nitrogens with one attached hydrogen (secondary N) is 1. The number of aliphatic imine (C=N–C) groups is 1. The van der Waals surface area contributed by atoms with Crippen LogP contribution in [0.15, 0.2) is 88.6 Å². The predicted molar refractivity (Wildman–Crippen MR) is 124 cm³/mol. The van der Waals surface area contributed by atoms with Gasteiger partial charge in [0.25, 0.3) is 11.5 Å². The molecule has 160 valence electrons. The fraction of sp³-hybridized carbons (Fsp3) is 0.0800. The number of nitrogens with zero attached hydrogens (tertiary/aromatic N) is 3. The van der Waals surface area contributed by atoms with Crippen LogP contribution in [0.3, 0.4) is 0 Å². The average Bonchev–Trinajstić information content (AvgIpc) is 3.01. The van der Waals surface area contributed by atoms with Crippen molar-refractivity contribution in [3.63, 3.8) is 0 Å². The Hall–Kier alpha value is -4.26. The molecule has 1 aromatic heterocycles. The van der Waals surface area contributed by atoms with Crippen molar-refractivity contribution in [2.75, 3.05) is 5.32 Å². The van der Waals surface area contributed by atoms with E-state index in [1.807, 2.05) is 30.3 Å². The number of carbonyl (C=O) groups excluding carboxylic acids is 1. The number of hydrogen-bond donors (Lipinski definition) is 1. The summed E-state index contributed by atoms with van der Waals surface area (Å²) in [6.07, 6.45) is 1.53. The Morgan fingerprint density at radius 1 is 1.00 bits per heavy atom. The molecule has 0 spiro atoms. The van der Waals surface area contributed by atoms with Crippen molar-refractivity contribution in [3.8, 4) is 5.69 Å². The lowest BCUT2D eigenvalue weighted by Gasteiger charge is -2.07. The minimum atomic E-state index is -0.418. The first kappa shape index (κ1) is 21.0. The molecule has 0 atom stereocenters. The van der Waals surface area contributed by atoms with E-state index in [2.05, 4.69) is 10.3 Å². The van der Waals surface area contributed by atoms with Crippen LogP contribution in [0.1, 0.15) is 21.6 Å². The molecular weight excluding hydrogens is 407 g/mol. The minimum Gasteiger partial charge on any atom is -0.316 e. The van der Waals surface area contributed by atoms with Gasteiger partial charge in [0, 0.05) is 18.8 Å². The van der Waals surface area contributed by atoms with Crippen LogP contribution in [-0.4, -0.2) is 21.5 Å². The molecular formula is C25H21FN4O2. The molecule has 0 aliphatic heterocycles. The molecule has 32 heavy (non-hydrogen) atoms. The topological polar surface area (TPSA) is 68.4 Å². The molecule has 0 aliphatic carbocycles. The lowest BCUT2D eigenvalue weighted by atomic mass is 10.2. The normalized spacial score (nSPS) is 11.1. The highest BCUT2D eigenvalue weighted by Gasteiger charge is 2.18. The van der Waals surface area contributed by atoms with Crippen molar-refractivity contribution in [2.45, 2.75) is 6.92 Å². The summed E-state index contributed by atoms with van der Waals surface area (Å²) in [6, 6.07) is 22.0. The van der Waals surface area contributed by atoms with Gasteiger partial charge in [0.2, 0.25) is 0 Å². The van der Waals surface area contributed by atoms with E-state index >= 15 is 0 Å². The molecule has 7 heteroatoms. The van der Waals surface area contributed by atoms with E-state index in [-0.39, 0.29) is 17.1 Å². The van der Waals surface area contributed by atoms with E-state index in [1.165, 1.54) is 23.0 Å². The smallest absolute Gasteiger partial charge is 0.295 e. The van der Waals surface area contributed by atoms with Crippen LogP contribution in [0.25, 0.3) is 5.69 Å². The molecule has 0 radical (unpaired) electrons. The van der Waals surface area contributed by atoms with Gasteiger partial charge in [-0.15, -0.1) is 0 Å². The zero-order valence-corrected chi connectivity index (χ0v) is 17.6. The number of rotatable bonds is 5. The van der Waals surface area contributed by atoms with E-state index in [0.717, 1.165) is 0 Å². The predicted octanol–water partition coefficient (Wildman–Crippen LogP) is 4.63. The van der Waals surface area contributed by atoms with Crippen LogP contribution in [0.4, 0.5) is 15.8 Å². The van der Waals surface area contributed by atoms with Crippen LogP contribution < -0.4 is 10.9 Å². The zero-order chi connectivity index (χ0) is 22.7. The number of hydrogen-bond acceptors (Lipinski definition) is 3. The first-order chi connectivity index (χ1) is 15.4. The molecule has 0 saturated heterocycles. The second-order valence-corrected chi connectivity index (χ2v) is 7.25. The van der Waals surface area contributed by atoms with Crippen LogP contribution in [0.5, 0.6) is 0 Å². The lowest BCUT2D eigenvalue weighted by Crippen LogP contribution is -2.22. The van der Waals surface area contributed by atoms with Gasteiger partial charge in [-0.3, -0.25) is 19.3 Å². The second-order valence-electron chi connectivity index (χ2n) is 7.25. The van der Waals surface area contributed by atoms with E-state index < -0.39 is 5.91 Å². The van der Waals surface area contributed by atoms with Gasteiger partial charge in [-0.2, -0.15) is 0 Å². The van der Waals surface area contributed by atoms with Crippen LogP contribution in [-0.2, 0) is 7.05 Å². The minimum absolute atomic E-state index is 0.218. The van der Waals surface area contributed by atoms with Crippen molar-refractivity contribution < 1.29 is 9.18 Å². The lowest BCUT2D eigenvalue weighted by molar-refractivity contribution is 0.102. The number of anilines is 1. The van der Waals surface area contributed by atoms with Crippen molar-refractivity contribution in [3.05, 3.63) is 112 Å². The van der Waals surface area contributed by atoms with Crippen molar-refractivity contribution in [2.24, 2.45) is 12.0 Å². The SMILES string of the molecule is Cc1c(NC(=O)c2cccc(N=Cc3cccc(F)c3)c2)c(=O)n(-c2ccccc2)n1C. The molecule has 0 bridgehead atoms. The van der Waals surface area contributed by atoms with Gasteiger partial charge in [0.05, 0.1) is 17.1 Å². The van der Waals surface area contributed by atoms with Crippen LogP contribution >= 0.6 is 0 Å². The quantitative estimate of drug-likeness (QED) is 0.471. The van der Waals surface area contributed by atoms with Crippen LogP contribution in [0, 0.1) is 12.7 Å². The molecule has 0 aliphatic rings. The highest BCUT2D eigenvalue weighted by molar-refractivity contribution is 6.05. The summed E-state index contributed by atoms with van der Waals surface area (Å²) >= 11 is 0. The summed E-state index contributed by atoms with van der Waals surface area (Å²) in [6.45, 7) is 1.77. The van der Waals surface area contributed by atoms with Crippen molar-refractivity contribution in [1.82, 2.24) is 9.36 Å². The number of carbonyl (C=O) groups is 1. The number of halogens is 1. The molecule has 1 heterocycles. The van der Waals surface area contributed by atoms with E-state index in [0.29, 0.717) is 28.2 Å². The maximum atomic E-state index is 13.3. The van der Waals surface area contributed by atoms with Crippen molar-refractivity contribution >= 4 is 23.5 Å². The summed E-state index contributed by atoms with van der Waals surface area (Å²) in [5, 5.41) is 2.74. The van der Waals surface area contributed by atoms with Gasteiger partial charge in [-0.05, 0) is 55.0 Å². The average molecular weight is 428 g/mol. The maximum Gasteiger partial charge on any atom is 0.295 e. The highest BCUT2D eigenvalue weighted by atomic mass is 19.1. The zero-order valence-electron chi connectivity index (χ0n) is 17.6. The molecule has 4 aromatic rings. The number of benzene rings is 3. The third-order valence-electron chi connectivity index (χ3n) is 5.11. The Morgan fingerprint density at radius 3 is 2.50 bits per heavy atom. The molecule has 1 amide bonds. The van der Waals surface area contributed by atoms with Gasteiger partial charge in [0.1, 0.15) is 11.5 Å². The van der Waals surface area contributed by atoms with Crippen LogP contribution in [0.2, 0.25) is 0 Å². The van der Waals surface area contributed by atoms with E-state index in [4.69, 9.17) is 0 Å². The molecule has 1 N–H and O–H groups in total. The van der Waals surface area contributed by atoms with E-state index in [1.54, 1.807) is 55.1 Å². The summed E-state index contributed by atoms with van der Waals surface area (Å²) in [5.74, 6) is -0.764. The molecule has 3 aromatic carbocycles. The Kier molecular flexibility index (Phi) is 5.81. The molecule has 0 unspecified atom stereocenters. The summed E-state index contributed by atoms with van der Waals surface area (Å²) in [7, 11) is 1.77. The number of para-hydroxylation sites is 1. The summed E-state index contributed by atoms with van der Waals surface area (Å²) < 4.78 is 16.5. The van der Waals surface area contributed by atoms with Gasteiger partial charge in [-0.25, -0.2) is 9.07 Å². The summed E-state index contributed by atoms with van der Waals surface area (Å²) in [4.78, 5) is 30.2. The summed E-state index contributed by atoms with van der Waals surface area (Å²) in [5.41, 5.74) is 2.74. The Balaban J connectivity index is 1.59. The van der Waals surface area contributed by atoms with Gasteiger partial charge in [-0.1, -0.05) is 36.4 Å². The largest absolute Gasteiger partial charge is 0.316 e. The molecule has 0 saturated carbocycles. The fourth-order valence-corrected chi connectivity index (χ4v) is 3.36. The first-order valence-electron chi connectivity index (χ1n) is 9.99. The number of aromatic nitrogens is 2. The standard InChI is InChI=1S/C25H21FN4O2/c1-17-23(25(32)30(29(17)2)22-12-4-3-5-13-22)28-24(31)19-9-7-11-21(15-19)27-16-18-8-6-10-20(26)14-18/h3-16H,1-2H3,(H,28,31). The fourth-order valence-electron chi connectivity index (χ4n) is 3.36. The third kappa shape index (κ3) is 4.27. The third-order valence-corrected chi connectivity index (χ3v) is 5.11. The molecule has 6 nitrogen and oxygen atoms in total. The van der Waals surface area contributed by atoms with Crippen molar-refractivity contribution in [1.29, 1.82) is 0 Å². The monoisotopic (exact) mass is 428 g/mol. The first-order valence-corrected chi connectivity index (χ1v) is 9.99.